The molecule has 0 aliphatic carbocycles. The van der Waals surface area contributed by atoms with Crippen molar-refractivity contribution in [3.63, 3.8) is 0 Å². The lowest BCUT2D eigenvalue weighted by Crippen LogP contribution is -2.33. The van der Waals surface area contributed by atoms with Gasteiger partial charge in [0.2, 0.25) is 5.91 Å². The van der Waals surface area contributed by atoms with Crippen LogP contribution in [0.25, 0.3) is 0 Å². The second-order valence-electron chi connectivity index (χ2n) is 4.35. The molecule has 7 nitrogen and oxygen atoms in total. The highest BCUT2D eigenvalue weighted by atomic mass is 16.4. The largest absolute Gasteiger partial charge is 0.478 e. The number of nitrogens with one attached hydrogen (secondary N) is 2. The predicted octanol–water partition coefficient (Wildman–Crippen LogP) is 0.898. The summed E-state index contributed by atoms with van der Waals surface area (Å²) in [5.74, 6) is -1.88. The van der Waals surface area contributed by atoms with Crippen LogP contribution < -0.4 is 10.7 Å². The Morgan fingerprint density at radius 2 is 2.10 bits per heavy atom. The normalized spacial score (nSPS) is 14.2. The van der Waals surface area contributed by atoms with E-state index >= 15 is 0 Å². The predicted molar refractivity (Wildman–Crippen MR) is 71.6 cm³/mol. The van der Waals surface area contributed by atoms with Gasteiger partial charge < -0.3 is 10.4 Å². The Bertz CT molecular complexity index is 622. The fourth-order valence-corrected chi connectivity index (χ4v) is 1.89. The summed E-state index contributed by atoms with van der Waals surface area (Å²) in [5.41, 5.74) is 3.19. The number of nitrogens with zero attached hydrogens (tertiary/aromatic N) is 1. The van der Waals surface area contributed by atoms with E-state index in [0.29, 0.717) is 5.56 Å². The van der Waals surface area contributed by atoms with Crippen molar-refractivity contribution in [1.82, 2.24) is 5.43 Å². The first-order chi connectivity index (χ1) is 9.49. The summed E-state index contributed by atoms with van der Waals surface area (Å²) in [7, 11) is 0. The minimum Gasteiger partial charge on any atom is -0.478 e. The number of anilines is 1. The third kappa shape index (κ3) is 2.82. The van der Waals surface area contributed by atoms with Crippen molar-refractivity contribution < 1.29 is 19.5 Å². The highest BCUT2D eigenvalue weighted by Crippen LogP contribution is 2.19. The molecule has 104 valence electrons. The van der Waals surface area contributed by atoms with Crippen molar-refractivity contribution >= 4 is 29.2 Å². The van der Waals surface area contributed by atoms with Crippen LogP contribution in [0.15, 0.2) is 23.3 Å². The Labute approximate surface area is 114 Å². The van der Waals surface area contributed by atoms with E-state index in [0.717, 1.165) is 0 Å². The lowest BCUT2D eigenvalue weighted by atomic mass is 10.1. The molecule has 1 aliphatic rings. The first-order valence-electron chi connectivity index (χ1n) is 5.98. The van der Waals surface area contributed by atoms with E-state index in [1.54, 1.807) is 19.1 Å². The summed E-state index contributed by atoms with van der Waals surface area (Å²) >= 11 is 0. The number of carbonyl (C=O) groups excluding carboxylic acids is 2. The standard InChI is InChI=1S/C13H13N3O4/c1-7-3-2-4-8(11(7)13(19)20)14-12(18)9-5-6-10(17)16-15-9/h2-4H,5-6H2,1H3,(H,14,18)(H,16,17)(H,19,20). The van der Waals surface area contributed by atoms with Gasteiger partial charge in [-0.25, -0.2) is 10.2 Å². The van der Waals surface area contributed by atoms with Gasteiger partial charge in [-0.05, 0) is 18.6 Å². The van der Waals surface area contributed by atoms with Crippen LogP contribution in [0.5, 0.6) is 0 Å². The van der Waals surface area contributed by atoms with Crippen molar-refractivity contribution in [1.29, 1.82) is 0 Å². The Hall–Kier alpha value is -2.70. The van der Waals surface area contributed by atoms with Crippen LogP contribution in [-0.4, -0.2) is 28.6 Å². The van der Waals surface area contributed by atoms with Crippen molar-refractivity contribution in [3.05, 3.63) is 29.3 Å². The zero-order valence-corrected chi connectivity index (χ0v) is 10.8. The number of amides is 2. The zero-order valence-electron chi connectivity index (χ0n) is 10.8. The van der Waals surface area contributed by atoms with Crippen LogP contribution in [0.3, 0.4) is 0 Å². The number of carbonyl (C=O) groups is 3. The Kier molecular flexibility index (Phi) is 3.79. The highest BCUT2D eigenvalue weighted by Gasteiger charge is 2.21. The average molecular weight is 275 g/mol. The molecule has 0 saturated heterocycles. The molecule has 1 aliphatic heterocycles. The van der Waals surface area contributed by atoms with Gasteiger partial charge in [0.05, 0.1) is 11.3 Å². The topological polar surface area (TPSA) is 108 Å². The Morgan fingerprint density at radius 3 is 2.70 bits per heavy atom. The fraction of sp³-hybridized carbons (Fsp3) is 0.231. The first-order valence-corrected chi connectivity index (χ1v) is 5.98. The molecular weight excluding hydrogens is 262 g/mol. The number of carboxylic acid groups (broad SMARTS) is 1. The molecular formula is C13H13N3O4. The molecule has 0 unspecified atom stereocenters. The SMILES string of the molecule is Cc1cccc(NC(=O)C2=NNC(=O)CC2)c1C(=O)O. The van der Waals surface area contributed by atoms with Crippen LogP contribution in [0, 0.1) is 6.92 Å². The number of rotatable bonds is 3. The average Bonchev–Trinajstić information content (AvgIpc) is 2.39. The van der Waals surface area contributed by atoms with Crippen LogP contribution >= 0.6 is 0 Å². The third-order valence-electron chi connectivity index (χ3n) is 2.90. The quantitative estimate of drug-likeness (QED) is 0.761. The smallest absolute Gasteiger partial charge is 0.338 e. The molecule has 0 aromatic heterocycles. The van der Waals surface area contributed by atoms with Crippen molar-refractivity contribution in [2.75, 3.05) is 5.32 Å². The number of hydrazone groups is 1. The van der Waals surface area contributed by atoms with Crippen LogP contribution in [0.1, 0.15) is 28.8 Å². The van der Waals surface area contributed by atoms with Gasteiger partial charge in [-0.1, -0.05) is 12.1 Å². The van der Waals surface area contributed by atoms with E-state index in [1.807, 2.05) is 0 Å². The van der Waals surface area contributed by atoms with Gasteiger partial charge in [0.25, 0.3) is 5.91 Å². The van der Waals surface area contributed by atoms with E-state index in [1.165, 1.54) is 6.07 Å². The molecule has 0 saturated carbocycles. The number of hydrogen-bond acceptors (Lipinski definition) is 4. The summed E-state index contributed by atoms with van der Waals surface area (Å²) in [4.78, 5) is 34.1. The maximum absolute atomic E-state index is 12.0. The minimum atomic E-state index is -1.11. The maximum Gasteiger partial charge on any atom is 0.338 e. The summed E-state index contributed by atoms with van der Waals surface area (Å²) in [6.07, 6.45) is 0.414. The van der Waals surface area contributed by atoms with E-state index in [9.17, 15) is 14.4 Å². The lowest BCUT2D eigenvalue weighted by molar-refractivity contribution is -0.121. The molecule has 2 amide bonds. The van der Waals surface area contributed by atoms with Gasteiger partial charge in [-0.3, -0.25) is 9.59 Å². The summed E-state index contributed by atoms with van der Waals surface area (Å²) < 4.78 is 0. The molecule has 3 N–H and O–H groups in total. The second kappa shape index (κ2) is 5.52. The highest BCUT2D eigenvalue weighted by molar-refractivity contribution is 6.43. The van der Waals surface area contributed by atoms with E-state index in [2.05, 4.69) is 15.8 Å². The molecule has 0 spiro atoms. The minimum absolute atomic E-state index is 0.0429. The van der Waals surface area contributed by atoms with Gasteiger partial charge in [0.1, 0.15) is 5.71 Å². The molecule has 1 aromatic carbocycles. The summed E-state index contributed by atoms with van der Waals surface area (Å²) in [6, 6.07) is 4.82. The Balaban J connectivity index is 2.22. The molecule has 20 heavy (non-hydrogen) atoms. The molecule has 1 aromatic rings. The monoisotopic (exact) mass is 275 g/mol. The van der Waals surface area contributed by atoms with Gasteiger partial charge in [0.15, 0.2) is 0 Å². The number of aromatic carboxylic acids is 1. The van der Waals surface area contributed by atoms with E-state index in [4.69, 9.17) is 5.11 Å². The maximum atomic E-state index is 12.0. The lowest BCUT2D eigenvalue weighted by Gasteiger charge is -2.14. The molecule has 1 heterocycles. The van der Waals surface area contributed by atoms with Gasteiger partial charge in [-0.15, -0.1) is 0 Å². The zero-order chi connectivity index (χ0) is 14.7. The number of hydrogen-bond donors (Lipinski definition) is 3. The van der Waals surface area contributed by atoms with Gasteiger partial charge >= 0.3 is 5.97 Å². The van der Waals surface area contributed by atoms with Crippen LogP contribution in [0.4, 0.5) is 5.69 Å². The fourth-order valence-electron chi connectivity index (χ4n) is 1.89. The van der Waals surface area contributed by atoms with Crippen molar-refractivity contribution in [2.24, 2.45) is 5.10 Å². The molecule has 0 bridgehead atoms. The second-order valence-corrected chi connectivity index (χ2v) is 4.35. The summed E-state index contributed by atoms with van der Waals surface area (Å²) in [5, 5.41) is 15.3. The van der Waals surface area contributed by atoms with Crippen LogP contribution in [0.2, 0.25) is 0 Å². The van der Waals surface area contributed by atoms with E-state index < -0.39 is 11.9 Å². The molecule has 2 rings (SSSR count). The molecule has 0 radical (unpaired) electrons. The van der Waals surface area contributed by atoms with E-state index in [-0.39, 0.29) is 35.7 Å². The molecule has 0 atom stereocenters. The molecule has 0 fully saturated rings. The number of aryl methyl sites for hydroxylation is 1. The number of benzene rings is 1. The molecule has 7 heteroatoms. The van der Waals surface area contributed by atoms with Gasteiger partial charge in [0, 0.05) is 12.8 Å². The number of carboxylic acids is 1. The van der Waals surface area contributed by atoms with Crippen LogP contribution in [-0.2, 0) is 9.59 Å². The van der Waals surface area contributed by atoms with Crippen molar-refractivity contribution in [2.45, 2.75) is 19.8 Å². The Morgan fingerprint density at radius 1 is 1.35 bits per heavy atom. The summed E-state index contributed by atoms with van der Waals surface area (Å²) in [6.45, 7) is 1.65. The third-order valence-corrected chi connectivity index (χ3v) is 2.90. The van der Waals surface area contributed by atoms with Gasteiger partial charge in [-0.2, -0.15) is 5.10 Å². The van der Waals surface area contributed by atoms with Crippen molar-refractivity contribution in [3.8, 4) is 0 Å². The first kappa shape index (κ1) is 13.7.